The number of primary amides is 1. The molecule has 2 N–H and O–H groups in total. The average Bonchev–Trinajstić information content (AvgIpc) is 3.26. The monoisotopic (exact) mass is 400 g/mol. The van der Waals surface area contributed by atoms with Crippen LogP contribution < -0.4 is 5.73 Å². The van der Waals surface area contributed by atoms with E-state index in [9.17, 15) is 14.0 Å². The number of hydrogen-bond acceptors (Lipinski definition) is 6. The minimum absolute atomic E-state index is 0.118. The summed E-state index contributed by atoms with van der Waals surface area (Å²) in [4.78, 5) is 35.3. The summed E-state index contributed by atoms with van der Waals surface area (Å²) >= 11 is 1.19. The Hall–Kier alpha value is -3.14. The minimum Gasteiger partial charge on any atom is -0.364 e. The zero-order chi connectivity index (χ0) is 20.0. The van der Waals surface area contributed by atoms with E-state index in [-0.39, 0.29) is 11.6 Å². The summed E-state index contributed by atoms with van der Waals surface area (Å²) in [5.74, 6) is -0.178. The molecule has 0 aliphatic carbocycles. The number of fused-ring (bicyclic) bond motifs is 1. The van der Waals surface area contributed by atoms with E-state index in [1.807, 2.05) is 11.5 Å². The van der Waals surface area contributed by atoms with Gasteiger partial charge in [-0.1, -0.05) is 0 Å². The number of halogens is 1. The van der Waals surface area contributed by atoms with Crippen molar-refractivity contribution >= 4 is 23.3 Å². The summed E-state index contributed by atoms with van der Waals surface area (Å²) in [6.45, 7) is 4.43. The number of carbonyl (C=O) groups excluding carboxylic acids is 2. The van der Waals surface area contributed by atoms with Crippen molar-refractivity contribution < 1.29 is 14.0 Å². The molecule has 3 heterocycles. The summed E-state index contributed by atoms with van der Waals surface area (Å²) in [6, 6.07) is 4.94. The number of benzene rings is 1. The fraction of sp³-hybridized carbons (Fsp3) is 0.278. The topological polar surface area (TPSA) is 107 Å². The normalized spacial score (nSPS) is 16.1. The van der Waals surface area contributed by atoms with Gasteiger partial charge >= 0.3 is 0 Å². The Morgan fingerprint density at radius 2 is 1.93 bits per heavy atom. The lowest BCUT2D eigenvalue weighted by Crippen LogP contribution is -2.41. The van der Waals surface area contributed by atoms with Crippen molar-refractivity contribution in [3.05, 3.63) is 52.9 Å². The molecule has 0 saturated carbocycles. The highest BCUT2D eigenvalue weighted by Gasteiger charge is 2.35. The zero-order valence-corrected chi connectivity index (χ0v) is 16.0. The van der Waals surface area contributed by atoms with E-state index in [4.69, 9.17) is 5.73 Å². The Kier molecular flexibility index (Phi) is 4.42. The fourth-order valence-electron chi connectivity index (χ4n) is 3.43. The highest BCUT2D eigenvalue weighted by molar-refractivity contribution is 7.09. The third-order valence-electron chi connectivity index (χ3n) is 4.74. The van der Waals surface area contributed by atoms with Crippen molar-refractivity contribution in [2.45, 2.75) is 26.4 Å². The molecule has 0 bridgehead atoms. The number of aromatic nitrogens is 4. The lowest BCUT2D eigenvalue weighted by atomic mass is 10.1. The molecule has 1 atom stereocenters. The van der Waals surface area contributed by atoms with Gasteiger partial charge in [-0.3, -0.25) is 9.59 Å². The van der Waals surface area contributed by atoms with Crippen molar-refractivity contribution in [3.63, 3.8) is 0 Å². The van der Waals surface area contributed by atoms with Gasteiger partial charge in [-0.15, -0.1) is 0 Å². The predicted molar refractivity (Wildman–Crippen MR) is 100 cm³/mol. The van der Waals surface area contributed by atoms with Gasteiger partial charge in [0.25, 0.3) is 11.8 Å². The average molecular weight is 400 g/mol. The molecule has 1 aliphatic rings. The first-order chi connectivity index (χ1) is 13.4. The first-order valence-corrected chi connectivity index (χ1v) is 9.41. The first kappa shape index (κ1) is 18.2. The molecule has 3 aromatic rings. The Morgan fingerprint density at radius 3 is 2.54 bits per heavy atom. The number of hydrogen-bond donors (Lipinski definition) is 1. The number of rotatable bonds is 3. The molecule has 1 aliphatic heterocycles. The van der Waals surface area contributed by atoms with Crippen LogP contribution in [0.4, 0.5) is 4.39 Å². The van der Waals surface area contributed by atoms with Crippen LogP contribution >= 0.6 is 11.5 Å². The number of imidazole rings is 1. The second-order valence-corrected chi connectivity index (χ2v) is 7.27. The molecule has 0 radical (unpaired) electrons. The van der Waals surface area contributed by atoms with Crippen molar-refractivity contribution in [3.8, 4) is 10.8 Å². The van der Waals surface area contributed by atoms with Gasteiger partial charge in [0.2, 0.25) is 0 Å². The van der Waals surface area contributed by atoms with Crippen LogP contribution in [0.1, 0.15) is 45.3 Å². The van der Waals surface area contributed by atoms with Gasteiger partial charge in [0.05, 0.1) is 11.7 Å². The highest BCUT2D eigenvalue weighted by Crippen LogP contribution is 2.34. The molecule has 4 rings (SSSR count). The van der Waals surface area contributed by atoms with E-state index in [1.165, 1.54) is 35.8 Å². The van der Waals surface area contributed by atoms with Crippen LogP contribution in [-0.4, -0.2) is 42.2 Å². The van der Waals surface area contributed by atoms with Crippen molar-refractivity contribution in [1.82, 2.24) is 23.8 Å². The predicted octanol–water partition coefficient (Wildman–Crippen LogP) is 2.17. The maximum atomic E-state index is 13.2. The Labute approximate surface area is 164 Å². The van der Waals surface area contributed by atoms with E-state index < -0.39 is 17.8 Å². The van der Waals surface area contributed by atoms with Crippen LogP contribution in [-0.2, 0) is 6.54 Å². The first-order valence-electron chi connectivity index (χ1n) is 8.64. The van der Waals surface area contributed by atoms with Crippen LogP contribution in [0, 0.1) is 12.7 Å². The largest absolute Gasteiger partial charge is 0.364 e. The van der Waals surface area contributed by atoms with E-state index >= 15 is 0 Å². The Bertz CT molecular complexity index is 1070. The maximum absolute atomic E-state index is 13.2. The van der Waals surface area contributed by atoms with E-state index in [1.54, 1.807) is 11.8 Å². The zero-order valence-electron chi connectivity index (χ0n) is 15.2. The lowest BCUT2D eigenvalue weighted by Gasteiger charge is -2.35. The number of nitrogens with zero attached hydrogens (tertiary/aromatic N) is 5. The second-order valence-electron chi connectivity index (χ2n) is 6.51. The molecule has 2 amide bonds. The van der Waals surface area contributed by atoms with Crippen molar-refractivity contribution in [1.29, 1.82) is 0 Å². The van der Waals surface area contributed by atoms with Gasteiger partial charge in [0.15, 0.2) is 16.5 Å². The molecule has 8 nitrogen and oxygen atoms in total. The Morgan fingerprint density at radius 1 is 1.21 bits per heavy atom. The third kappa shape index (κ3) is 2.95. The van der Waals surface area contributed by atoms with Gasteiger partial charge in [-0.25, -0.2) is 14.4 Å². The number of amides is 2. The number of aryl methyl sites for hydroxylation is 1. The third-order valence-corrected chi connectivity index (χ3v) is 5.54. The molecule has 0 spiro atoms. The number of nitrogens with two attached hydrogens (primary N) is 1. The molecule has 0 fully saturated rings. The van der Waals surface area contributed by atoms with E-state index in [0.29, 0.717) is 41.0 Å². The molecule has 1 aromatic carbocycles. The van der Waals surface area contributed by atoms with Crippen molar-refractivity contribution in [2.24, 2.45) is 5.73 Å². The molecular weight excluding hydrogens is 383 g/mol. The standard InChI is InChI=1S/C18H17FN6O2S/c1-9-14-13(15(20)26)22-16(17-21-10(2)23-28-17)25(14)8-7-24(9)18(27)11-3-5-12(19)6-4-11/h3-6,9H,7-8H2,1-2H3,(H2,20,26). The van der Waals surface area contributed by atoms with Crippen LogP contribution in [0.5, 0.6) is 0 Å². The molecule has 1 unspecified atom stereocenters. The quantitative estimate of drug-likeness (QED) is 0.725. The smallest absolute Gasteiger partial charge is 0.269 e. The lowest BCUT2D eigenvalue weighted by molar-refractivity contribution is 0.0641. The molecular formula is C18H17FN6O2S. The SMILES string of the molecule is Cc1nsc(-c2nc(C(N)=O)c3n2CCN(C(=O)c2ccc(F)cc2)C3C)n1. The second kappa shape index (κ2) is 6.79. The van der Waals surface area contributed by atoms with Gasteiger partial charge in [0.1, 0.15) is 11.6 Å². The number of carbonyl (C=O) groups is 2. The summed E-state index contributed by atoms with van der Waals surface area (Å²) in [5, 5.41) is 0.594. The molecule has 2 aromatic heterocycles. The minimum atomic E-state index is -0.667. The van der Waals surface area contributed by atoms with Crippen LogP contribution in [0.2, 0.25) is 0 Å². The summed E-state index contributed by atoms with van der Waals surface area (Å²) < 4.78 is 19.2. The van der Waals surface area contributed by atoms with E-state index in [2.05, 4.69) is 14.3 Å². The molecule has 28 heavy (non-hydrogen) atoms. The van der Waals surface area contributed by atoms with Gasteiger partial charge in [-0.05, 0) is 49.6 Å². The fourth-order valence-corrected chi connectivity index (χ4v) is 4.10. The van der Waals surface area contributed by atoms with Gasteiger partial charge in [-0.2, -0.15) is 4.37 Å². The van der Waals surface area contributed by atoms with Crippen LogP contribution in [0.15, 0.2) is 24.3 Å². The summed E-state index contributed by atoms with van der Waals surface area (Å²) in [5.41, 5.74) is 6.61. The Balaban J connectivity index is 1.75. The molecule has 10 heteroatoms. The maximum Gasteiger partial charge on any atom is 0.269 e. The summed E-state index contributed by atoms with van der Waals surface area (Å²) in [7, 11) is 0. The van der Waals surface area contributed by atoms with Crippen molar-refractivity contribution in [2.75, 3.05) is 6.54 Å². The van der Waals surface area contributed by atoms with Crippen LogP contribution in [0.25, 0.3) is 10.8 Å². The van der Waals surface area contributed by atoms with E-state index in [0.717, 1.165) is 0 Å². The van der Waals surface area contributed by atoms with Crippen LogP contribution in [0.3, 0.4) is 0 Å². The van der Waals surface area contributed by atoms with Gasteiger partial charge < -0.3 is 15.2 Å². The van der Waals surface area contributed by atoms with Gasteiger partial charge in [0, 0.05) is 18.7 Å². The highest BCUT2D eigenvalue weighted by atomic mass is 32.1. The molecule has 0 saturated heterocycles. The summed E-state index contributed by atoms with van der Waals surface area (Å²) in [6.07, 6.45) is 0. The molecule has 144 valence electrons.